The van der Waals surface area contributed by atoms with E-state index in [4.69, 9.17) is 11.6 Å². The predicted molar refractivity (Wildman–Crippen MR) is 69.5 cm³/mol. The van der Waals surface area contributed by atoms with E-state index in [1.165, 1.54) is 11.3 Å². The van der Waals surface area contributed by atoms with Gasteiger partial charge in [0.15, 0.2) is 0 Å². The Hall–Kier alpha value is -1.39. The molecule has 3 nitrogen and oxygen atoms in total. The molecular weight excluding hydrogens is 256 g/mol. The number of fused-ring (bicyclic) bond motifs is 1. The van der Waals surface area contributed by atoms with Crippen LogP contribution in [0.4, 0.5) is 5.69 Å². The van der Waals surface area contributed by atoms with Crippen molar-refractivity contribution >= 4 is 34.5 Å². The maximum atomic E-state index is 11.2. The molecule has 1 aliphatic rings. The molecule has 0 saturated heterocycles. The van der Waals surface area contributed by atoms with E-state index in [0.717, 1.165) is 28.2 Å². The Bertz CT molecular complexity index is 594. The number of thiazole rings is 1. The lowest BCUT2D eigenvalue weighted by Crippen LogP contribution is -2.18. The van der Waals surface area contributed by atoms with Crippen molar-refractivity contribution in [2.24, 2.45) is 0 Å². The second-order valence-electron chi connectivity index (χ2n) is 3.90. The first kappa shape index (κ1) is 10.7. The van der Waals surface area contributed by atoms with Crippen molar-refractivity contribution in [3.63, 3.8) is 0 Å². The van der Waals surface area contributed by atoms with Gasteiger partial charge in [0.1, 0.15) is 10.2 Å². The molecule has 1 aromatic heterocycles. The van der Waals surface area contributed by atoms with Crippen LogP contribution >= 0.6 is 22.9 Å². The molecule has 0 spiro atoms. The molecule has 2 heterocycles. The van der Waals surface area contributed by atoms with Gasteiger partial charge in [0.25, 0.3) is 0 Å². The molecule has 1 amide bonds. The number of anilines is 1. The summed E-state index contributed by atoms with van der Waals surface area (Å²) < 4.78 is 0. The van der Waals surface area contributed by atoms with Crippen molar-refractivity contribution < 1.29 is 4.79 Å². The third-order valence-electron chi connectivity index (χ3n) is 2.72. The Morgan fingerprint density at radius 2 is 2.24 bits per heavy atom. The number of hydrogen-bond acceptors (Lipinski definition) is 3. The summed E-state index contributed by atoms with van der Waals surface area (Å²) in [6.07, 6.45) is 1.34. The zero-order valence-corrected chi connectivity index (χ0v) is 10.4. The van der Waals surface area contributed by atoms with E-state index in [0.29, 0.717) is 11.6 Å². The third-order valence-corrected chi connectivity index (χ3v) is 3.94. The van der Waals surface area contributed by atoms with Gasteiger partial charge in [0, 0.05) is 23.1 Å². The summed E-state index contributed by atoms with van der Waals surface area (Å²) in [6.45, 7) is 0. The maximum Gasteiger partial charge on any atom is 0.224 e. The number of hydrogen-bond donors (Lipinski definition) is 1. The monoisotopic (exact) mass is 264 g/mol. The van der Waals surface area contributed by atoms with E-state index in [-0.39, 0.29) is 5.91 Å². The van der Waals surface area contributed by atoms with Gasteiger partial charge < -0.3 is 5.32 Å². The van der Waals surface area contributed by atoms with Crippen LogP contribution in [0, 0.1) is 0 Å². The molecule has 17 heavy (non-hydrogen) atoms. The second-order valence-corrected chi connectivity index (χ2v) is 5.14. The normalized spacial score (nSPS) is 14.3. The van der Waals surface area contributed by atoms with Crippen LogP contribution < -0.4 is 5.32 Å². The molecule has 0 unspecified atom stereocenters. The molecule has 0 radical (unpaired) electrons. The zero-order chi connectivity index (χ0) is 11.8. The van der Waals surface area contributed by atoms with Gasteiger partial charge in [0.2, 0.25) is 5.91 Å². The van der Waals surface area contributed by atoms with Crippen LogP contribution in [0.5, 0.6) is 0 Å². The molecule has 0 fully saturated rings. The number of nitrogens with zero attached hydrogens (tertiary/aromatic N) is 1. The Balaban J connectivity index is 2.01. The molecule has 0 atom stereocenters. The number of carbonyl (C=O) groups is 1. The first-order chi connectivity index (χ1) is 8.22. The predicted octanol–water partition coefficient (Wildman–Crippen LogP) is 3.35. The number of halogens is 1. The van der Waals surface area contributed by atoms with Gasteiger partial charge in [-0.1, -0.05) is 11.6 Å². The van der Waals surface area contributed by atoms with E-state index >= 15 is 0 Å². The van der Waals surface area contributed by atoms with Crippen LogP contribution in [0.3, 0.4) is 0 Å². The standard InChI is InChI=1S/C12H9ClN2OS/c13-10-6-17-12(15-10)8-1-3-9-7(5-8)2-4-11(16)14-9/h1,3,5-6H,2,4H2,(H,14,16). The van der Waals surface area contributed by atoms with Crippen molar-refractivity contribution in [2.75, 3.05) is 5.32 Å². The summed E-state index contributed by atoms with van der Waals surface area (Å²) in [5.74, 6) is 0.0857. The van der Waals surface area contributed by atoms with Crippen LogP contribution in [-0.4, -0.2) is 10.9 Å². The molecule has 1 N–H and O–H groups in total. The van der Waals surface area contributed by atoms with Crippen molar-refractivity contribution in [1.82, 2.24) is 4.98 Å². The Labute approximate surface area is 107 Å². The van der Waals surface area contributed by atoms with E-state index in [1.807, 2.05) is 17.5 Å². The molecule has 2 aromatic rings. The fraction of sp³-hybridized carbons (Fsp3) is 0.167. The van der Waals surface area contributed by atoms with Crippen LogP contribution in [0.15, 0.2) is 23.6 Å². The first-order valence-corrected chi connectivity index (χ1v) is 6.52. The molecular formula is C12H9ClN2OS. The average Bonchev–Trinajstić information content (AvgIpc) is 2.75. The van der Waals surface area contributed by atoms with E-state index < -0.39 is 0 Å². The third kappa shape index (κ3) is 2.06. The summed E-state index contributed by atoms with van der Waals surface area (Å²) in [7, 11) is 0. The van der Waals surface area contributed by atoms with Gasteiger partial charge in [-0.05, 0) is 30.2 Å². The molecule has 1 aromatic carbocycles. The maximum absolute atomic E-state index is 11.2. The van der Waals surface area contributed by atoms with E-state index in [2.05, 4.69) is 16.4 Å². The number of benzene rings is 1. The van der Waals surface area contributed by atoms with Gasteiger partial charge in [-0.15, -0.1) is 11.3 Å². The number of amides is 1. The topological polar surface area (TPSA) is 42.0 Å². The minimum Gasteiger partial charge on any atom is -0.326 e. The number of carbonyl (C=O) groups excluding carboxylic acids is 1. The summed E-state index contributed by atoms with van der Waals surface area (Å²) in [5.41, 5.74) is 3.12. The van der Waals surface area contributed by atoms with E-state index in [1.54, 1.807) is 0 Å². The molecule has 86 valence electrons. The lowest BCUT2D eigenvalue weighted by molar-refractivity contribution is -0.116. The van der Waals surface area contributed by atoms with Gasteiger partial charge in [-0.3, -0.25) is 4.79 Å². The molecule has 0 bridgehead atoms. The van der Waals surface area contributed by atoms with Crippen LogP contribution in [-0.2, 0) is 11.2 Å². The quantitative estimate of drug-likeness (QED) is 0.858. The van der Waals surface area contributed by atoms with Crippen molar-refractivity contribution in [3.05, 3.63) is 34.3 Å². The fourth-order valence-corrected chi connectivity index (χ4v) is 2.85. The summed E-state index contributed by atoms with van der Waals surface area (Å²) in [5, 5.41) is 6.12. The van der Waals surface area contributed by atoms with Gasteiger partial charge in [0.05, 0.1) is 0 Å². The molecule has 1 aliphatic heterocycles. The Morgan fingerprint density at radius 3 is 3.00 bits per heavy atom. The largest absolute Gasteiger partial charge is 0.326 e. The van der Waals surface area contributed by atoms with Gasteiger partial charge >= 0.3 is 0 Å². The highest BCUT2D eigenvalue weighted by Crippen LogP contribution is 2.31. The number of aryl methyl sites for hydroxylation is 1. The lowest BCUT2D eigenvalue weighted by Gasteiger charge is -2.16. The summed E-state index contributed by atoms with van der Waals surface area (Å²) in [4.78, 5) is 15.5. The second kappa shape index (κ2) is 4.13. The minimum atomic E-state index is 0.0857. The summed E-state index contributed by atoms with van der Waals surface area (Å²) >= 11 is 7.34. The number of rotatable bonds is 1. The highest BCUT2D eigenvalue weighted by Gasteiger charge is 2.15. The van der Waals surface area contributed by atoms with Gasteiger partial charge in [-0.25, -0.2) is 4.98 Å². The zero-order valence-electron chi connectivity index (χ0n) is 8.87. The molecule has 0 aliphatic carbocycles. The number of aromatic nitrogens is 1. The van der Waals surface area contributed by atoms with Crippen LogP contribution in [0.1, 0.15) is 12.0 Å². The Morgan fingerprint density at radius 1 is 1.35 bits per heavy atom. The SMILES string of the molecule is O=C1CCc2cc(-c3nc(Cl)cs3)ccc2N1. The van der Waals surface area contributed by atoms with Crippen molar-refractivity contribution in [1.29, 1.82) is 0 Å². The average molecular weight is 265 g/mol. The van der Waals surface area contributed by atoms with Crippen LogP contribution in [0.25, 0.3) is 10.6 Å². The van der Waals surface area contributed by atoms with Crippen molar-refractivity contribution in [3.8, 4) is 10.6 Å². The smallest absolute Gasteiger partial charge is 0.224 e. The highest BCUT2D eigenvalue weighted by molar-refractivity contribution is 7.13. The van der Waals surface area contributed by atoms with Crippen molar-refractivity contribution in [2.45, 2.75) is 12.8 Å². The molecule has 3 rings (SSSR count). The summed E-state index contributed by atoms with van der Waals surface area (Å²) in [6, 6.07) is 5.96. The minimum absolute atomic E-state index is 0.0857. The molecule has 0 saturated carbocycles. The number of nitrogens with one attached hydrogen (secondary N) is 1. The Kier molecular flexibility index (Phi) is 2.61. The van der Waals surface area contributed by atoms with Gasteiger partial charge in [-0.2, -0.15) is 0 Å². The fourth-order valence-electron chi connectivity index (χ4n) is 1.90. The highest BCUT2D eigenvalue weighted by atomic mass is 35.5. The van der Waals surface area contributed by atoms with Crippen LogP contribution in [0.2, 0.25) is 5.15 Å². The van der Waals surface area contributed by atoms with E-state index in [9.17, 15) is 4.79 Å². The first-order valence-electron chi connectivity index (χ1n) is 5.26. The lowest BCUT2D eigenvalue weighted by atomic mass is 10.0. The molecule has 5 heteroatoms.